The molecule has 2 aromatic rings. The van der Waals surface area contributed by atoms with Crippen LogP contribution >= 0.6 is 22.9 Å². The van der Waals surface area contributed by atoms with Crippen LogP contribution in [0, 0.1) is 6.92 Å². The highest BCUT2D eigenvalue weighted by Gasteiger charge is 2.15. The van der Waals surface area contributed by atoms with Crippen molar-refractivity contribution in [2.24, 2.45) is 0 Å². The van der Waals surface area contributed by atoms with E-state index >= 15 is 0 Å². The molecule has 2 rings (SSSR count). The summed E-state index contributed by atoms with van der Waals surface area (Å²) in [7, 11) is 0. The maximum Gasteiger partial charge on any atom is 0.259 e. The second-order valence-corrected chi connectivity index (χ2v) is 4.60. The van der Waals surface area contributed by atoms with Gasteiger partial charge in [0.1, 0.15) is 4.88 Å². The van der Waals surface area contributed by atoms with Crippen LogP contribution in [0.1, 0.15) is 18.4 Å². The molecular weight excluding hydrogens is 246 g/mol. The lowest BCUT2D eigenvalue weighted by atomic mass is 10.3. The lowest BCUT2D eigenvalue weighted by Gasteiger charge is -1.94. The van der Waals surface area contributed by atoms with Crippen LogP contribution in [-0.4, -0.2) is 16.7 Å². The van der Waals surface area contributed by atoms with E-state index in [4.69, 9.17) is 16.0 Å². The van der Waals surface area contributed by atoms with E-state index in [0.717, 1.165) is 17.0 Å². The van der Waals surface area contributed by atoms with Gasteiger partial charge in [-0.05, 0) is 24.4 Å². The molecule has 2 heterocycles. The first-order valence-electron chi connectivity index (χ1n) is 4.99. The van der Waals surface area contributed by atoms with Crippen molar-refractivity contribution >= 4 is 22.9 Å². The molecule has 1 N–H and O–H groups in total. The van der Waals surface area contributed by atoms with Gasteiger partial charge in [-0.1, -0.05) is 18.5 Å². The van der Waals surface area contributed by atoms with Crippen LogP contribution in [0.2, 0.25) is 5.02 Å². The summed E-state index contributed by atoms with van der Waals surface area (Å²) >= 11 is 7.64. The van der Waals surface area contributed by atoms with Crippen molar-refractivity contribution in [3.05, 3.63) is 21.9 Å². The van der Waals surface area contributed by atoms with Crippen molar-refractivity contribution in [3.8, 4) is 10.8 Å². The maximum atomic E-state index is 6.12. The largest absolute Gasteiger partial charge is 0.418 e. The number of nitrogens with zero attached hydrogens (tertiary/aromatic N) is 2. The lowest BCUT2D eigenvalue weighted by Crippen LogP contribution is -2.11. The normalized spacial score (nSPS) is 10.9. The number of nitrogens with one attached hydrogen (secondary N) is 1. The van der Waals surface area contributed by atoms with Gasteiger partial charge >= 0.3 is 0 Å². The molecule has 0 radical (unpaired) electrons. The quantitative estimate of drug-likeness (QED) is 0.915. The third kappa shape index (κ3) is 2.26. The fraction of sp³-hybridized carbons (Fsp3) is 0.400. The van der Waals surface area contributed by atoms with Crippen molar-refractivity contribution in [1.82, 2.24) is 15.5 Å². The summed E-state index contributed by atoms with van der Waals surface area (Å²) in [6.07, 6.45) is 0. The number of thiophene rings is 1. The predicted molar refractivity (Wildman–Crippen MR) is 64.7 cm³/mol. The Morgan fingerprint density at radius 3 is 2.94 bits per heavy atom. The molecule has 0 saturated heterocycles. The Bertz CT molecular complexity index is 480. The fourth-order valence-electron chi connectivity index (χ4n) is 1.22. The van der Waals surface area contributed by atoms with Gasteiger partial charge in [0.05, 0.1) is 11.6 Å². The summed E-state index contributed by atoms with van der Waals surface area (Å²) in [4.78, 5) is 0.842. The van der Waals surface area contributed by atoms with Crippen LogP contribution in [0.4, 0.5) is 0 Å². The van der Waals surface area contributed by atoms with Gasteiger partial charge in [0, 0.05) is 0 Å². The third-order valence-corrected chi connectivity index (χ3v) is 3.77. The highest BCUT2D eigenvalue weighted by Crippen LogP contribution is 2.35. The lowest BCUT2D eigenvalue weighted by molar-refractivity contribution is 0.483. The number of rotatable bonds is 4. The van der Waals surface area contributed by atoms with Crippen LogP contribution in [0.25, 0.3) is 10.8 Å². The average Bonchev–Trinajstić information content (AvgIpc) is 2.85. The van der Waals surface area contributed by atoms with Crippen molar-refractivity contribution in [1.29, 1.82) is 0 Å². The van der Waals surface area contributed by atoms with E-state index in [9.17, 15) is 0 Å². The molecule has 0 aliphatic rings. The smallest absolute Gasteiger partial charge is 0.259 e. The molecule has 0 bridgehead atoms. The molecule has 0 fully saturated rings. The monoisotopic (exact) mass is 257 g/mol. The summed E-state index contributed by atoms with van der Waals surface area (Å²) < 4.78 is 5.51. The SMILES string of the molecule is CCNCc1nnc(-c2scc(C)c2Cl)o1. The predicted octanol–water partition coefficient (Wildman–Crippen LogP) is 2.87. The van der Waals surface area contributed by atoms with Gasteiger partial charge in [-0.25, -0.2) is 0 Å². The molecule has 0 unspecified atom stereocenters. The second-order valence-electron chi connectivity index (χ2n) is 3.34. The minimum atomic E-state index is 0.496. The van der Waals surface area contributed by atoms with E-state index in [2.05, 4.69) is 15.5 Å². The van der Waals surface area contributed by atoms with Gasteiger partial charge < -0.3 is 9.73 Å². The highest BCUT2D eigenvalue weighted by atomic mass is 35.5. The standard InChI is InChI=1S/C10H12ClN3OS/c1-3-12-4-7-13-14-10(15-7)9-8(11)6(2)5-16-9/h5,12H,3-4H2,1-2H3. The number of aryl methyl sites for hydroxylation is 1. The molecule has 0 atom stereocenters. The zero-order valence-electron chi connectivity index (χ0n) is 9.08. The molecule has 6 heteroatoms. The topological polar surface area (TPSA) is 51.0 Å². The molecule has 0 saturated carbocycles. The molecule has 0 aliphatic carbocycles. The molecule has 0 aliphatic heterocycles. The van der Waals surface area contributed by atoms with E-state index in [1.807, 2.05) is 19.2 Å². The zero-order valence-corrected chi connectivity index (χ0v) is 10.7. The van der Waals surface area contributed by atoms with E-state index in [1.165, 1.54) is 11.3 Å². The molecule has 86 valence electrons. The summed E-state index contributed by atoms with van der Waals surface area (Å²) in [5.41, 5.74) is 1.04. The molecule has 16 heavy (non-hydrogen) atoms. The van der Waals surface area contributed by atoms with Gasteiger partial charge in [0.15, 0.2) is 0 Å². The molecule has 0 aromatic carbocycles. The van der Waals surface area contributed by atoms with Gasteiger partial charge in [0.25, 0.3) is 5.89 Å². The maximum absolute atomic E-state index is 6.12. The van der Waals surface area contributed by atoms with Gasteiger partial charge in [0.2, 0.25) is 5.89 Å². The Kier molecular flexibility index (Phi) is 3.58. The summed E-state index contributed by atoms with van der Waals surface area (Å²) in [5.74, 6) is 1.08. The first-order chi connectivity index (χ1) is 7.72. The fourth-order valence-corrected chi connectivity index (χ4v) is 2.42. The van der Waals surface area contributed by atoms with Gasteiger partial charge in [-0.3, -0.25) is 0 Å². The number of hydrogen-bond donors (Lipinski definition) is 1. The number of hydrogen-bond acceptors (Lipinski definition) is 5. The van der Waals surface area contributed by atoms with Crippen LogP contribution in [-0.2, 0) is 6.54 Å². The van der Waals surface area contributed by atoms with Crippen molar-refractivity contribution < 1.29 is 4.42 Å². The van der Waals surface area contributed by atoms with Crippen molar-refractivity contribution in [2.45, 2.75) is 20.4 Å². The average molecular weight is 258 g/mol. The van der Waals surface area contributed by atoms with Crippen LogP contribution in [0.15, 0.2) is 9.80 Å². The number of halogens is 1. The van der Waals surface area contributed by atoms with Crippen LogP contribution in [0.3, 0.4) is 0 Å². The molecule has 0 spiro atoms. The Balaban J connectivity index is 2.21. The van der Waals surface area contributed by atoms with Crippen LogP contribution < -0.4 is 5.32 Å². The Labute approximate surface area is 103 Å². The first-order valence-corrected chi connectivity index (χ1v) is 6.25. The first kappa shape index (κ1) is 11.6. The minimum Gasteiger partial charge on any atom is -0.418 e. The second kappa shape index (κ2) is 4.95. The minimum absolute atomic E-state index is 0.496. The third-order valence-electron chi connectivity index (χ3n) is 2.09. The van der Waals surface area contributed by atoms with Gasteiger partial charge in [-0.15, -0.1) is 21.5 Å². The molecule has 4 nitrogen and oxygen atoms in total. The van der Waals surface area contributed by atoms with Gasteiger partial charge in [-0.2, -0.15) is 0 Å². The molecular formula is C10H12ClN3OS. The van der Waals surface area contributed by atoms with Crippen LogP contribution in [0.5, 0.6) is 0 Å². The van der Waals surface area contributed by atoms with Crippen molar-refractivity contribution in [3.63, 3.8) is 0 Å². The Hall–Kier alpha value is -0.910. The van der Waals surface area contributed by atoms with E-state index < -0.39 is 0 Å². The number of aromatic nitrogens is 2. The van der Waals surface area contributed by atoms with E-state index in [-0.39, 0.29) is 0 Å². The Morgan fingerprint density at radius 2 is 2.31 bits per heavy atom. The van der Waals surface area contributed by atoms with Crippen molar-refractivity contribution in [2.75, 3.05) is 6.54 Å². The summed E-state index contributed by atoms with van der Waals surface area (Å²) in [5, 5.41) is 13.7. The summed E-state index contributed by atoms with van der Waals surface area (Å²) in [6, 6.07) is 0. The molecule has 0 amide bonds. The Morgan fingerprint density at radius 1 is 1.50 bits per heavy atom. The van der Waals surface area contributed by atoms with E-state index in [0.29, 0.717) is 23.3 Å². The van der Waals surface area contributed by atoms with E-state index in [1.54, 1.807) is 0 Å². The highest BCUT2D eigenvalue weighted by molar-refractivity contribution is 7.14. The zero-order chi connectivity index (χ0) is 11.5. The molecule has 2 aromatic heterocycles. The summed E-state index contributed by atoms with van der Waals surface area (Å²) in [6.45, 7) is 5.44.